The fraction of sp³-hybridized carbons (Fsp3) is 0. The van der Waals surface area contributed by atoms with Crippen LogP contribution in [0.1, 0.15) is 10.5 Å². The highest BCUT2D eigenvalue weighted by Crippen LogP contribution is 2.25. The van der Waals surface area contributed by atoms with Crippen LogP contribution in [0.15, 0.2) is 73.4 Å². The molecule has 2 heterocycles. The van der Waals surface area contributed by atoms with Gasteiger partial charge in [-0.15, -0.1) is 0 Å². The highest BCUT2D eigenvalue weighted by atomic mass is 35.5. The molecule has 0 unspecified atom stereocenters. The zero-order valence-corrected chi connectivity index (χ0v) is 13.8. The van der Waals surface area contributed by atoms with Crippen molar-refractivity contribution in [2.45, 2.75) is 0 Å². The average Bonchev–Trinajstić information content (AvgIpc) is 3.15. The van der Waals surface area contributed by atoms with Gasteiger partial charge in [0, 0.05) is 29.7 Å². The van der Waals surface area contributed by atoms with Gasteiger partial charge in [-0.05, 0) is 29.7 Å². The molecule has 0 aliphatic carbocycles. The molecule has 0 radical (unpaired) electrons. The Morgan fingerprint density at radius 1 is 1.08 bits per heavy atom. The molecule has 25 heavy (non-hydrogen) atoms. The first-order valence-corrected chi connectivity index (χ1v) is 8.03. The number of pyridine rings is 1. The Balaban J connectivity index is 1.64. The third kappa shape index (κ3) is 2.97. The Kier molecular flexibility index (Phi) is 3.91. The van der Waals surface area contributed by atoms with Crippen molar-refractivity contribution in [3.8, 4) is 5.69 Å². The van der Waals surface area contributed by atoms with Gasteiger partial charge in [-0.2, -0.15) is 0 Å². The monoisotopic (exact) mass is 348 g/mol. The second-order valence-electron chi connectivity index (χ2n) is 5.47. The number of carbonyl (C=O) groups is 1. The number of imidazole rings is 1. The summed E-state index contributed by atoms with van der Waals surface area (Å²) in [4.78, 5) is 20.9. The molecule has 0 bridgehead atoms. The number of hydrogen-bond acceptors (Lipinski definition) is 3. The van der Waals surface area contributed by atoms with Gasteiger partial charge in [0.1, 0.15) is 5.69 Å². The summed E-state index contributed by atoms with van der Waals surface area (Å²) < 4.78 is 1.81. The number of aromatic nitrogens is 3. The van der Waals surface area contributed by atoms with Crippen molar-refractivity contribution in [3.63, 3.8) is 0 Å². The fourth-order valence-corrected chi connectivity index (χ4v) is 2.96. The molecule has 0 saturated heterocycles. The predicted octanol–water partition coefficient (Wildman–Crippen LogP) is 4.33. The second-order valence-corrected chi connectivity index (χ2v) is 5.88. The SMILES string of the molecule is O=C(Nc1ccc(-n2ccnc2)c(Cl)c1)c1nccc2ccccc12. The van der Waals surface area contributed by atoms with Gasteiger partial charge < -0.3 is 9.88 Å². The van der Waals surface area contributed by atoms with E-state index in [9.17, 15) is 4.79 Å². The normalized spacial score (nSPS) is 10.8. The summed E-state index contributed by atoms with van der Waals surface area (Å²) in [7, 11) is 0. The molecule has 2 aromatic heterocycles. The zero-order chi connectivity index (χ0) is 17.2. The molecular formula is C19H13ClN4O. The Hall–Kier alpha value is -3.18. The first-order chi connectivity index (χ1) is 12.2. The van der Waals surface area contributed by atoms with Crippen LogP contribution in [0.3, 0.4) is 0 Å². The topological polar surface area (TPSA) is 59.8 Å². The Morgan fingerprint density at radius 3 is 2.76 bits per heavy atom. The van der Waals surface area contributed by atoms with E-state index in [0.717, 1.165) is 16.5 Å². The lowest BCUT2D eigenvalue weighted by molar-refractivity contribution is 0.102. The third-order valence-electron chi connectivity index (χ3n) is 3.88. The number of anilines is 1. The summed E-state index contributed by atoms with van der Waals surface area (Å²) in [5.74, 6) is -0.275. The number of fused-ring (bicyclic) bond motifs is 1. The average molecular weight is 349 g/mol. The van der Waals surface area contributed by atoms with Gasteiger partial charge in [-0.25, -0.2) is 4.98 Å². The van der Waals surface area contributed by atoms with E-state index in [1.165, 1.54) is 0 Å². The van der Waals surface area contributed by atoms with Crippen LogP contribution >= 0.6 is 11.6 Å². The number of halogens is 1. The van der Waals surface area contributed by atoms with Crippen molar-refractivity contribution in [1.82, 2.24) is 14.5 Å². The largest absolute Gasteiger partial charge is 0.321 e. The van der Waals surface area contributed by atoms with Crippen molar-refractivity contribution in [2.24, 2.45) is 0 Å². The predicted molar refractivity (Wildman–Crippen MR) is 98.3 cm³/mol. The first-order valence-electron chi connectivity index (χ1n) is 7.65. The summed E-state index contributed by atoms with van der Waals surface area (Å²) in [5.41, 5.74) is 1.78. The van der Waals surface area contributed by atoms with E-state index in [-0.39, 0.29) is 5.91 Å². The number of amides is 1. The maximum Gasteiger partial charge on any atom is 0.274 e. The second kappa shape index (κ2) is 6.37. The van der Waals surface area contributed by atoms with Crippen LogP contribution in [-0.4, -0.2) is 20.4 Å². The van der Waals surface area contributed by atoms with Crippen molar-refractivity contribution < 1.29 is 4.79 Å². The molecule has 0 atom stereocenters. The van der Waals surface area contributed by atoms with Crippen LogP contribution in [0, 0.1) is 0 Å². The number of benzene rings is 2. The van der Waals surface area contributed by atoms with Gasteiger partial charge in [-0.1, -0.05) is 35.9 Å². The summed E-state index contributed by atoms with van der Waals surface area (Å²) >= 11 is 6.33. The van der Waals surface area contributed by atoms with Gasteiger partial charge in [0.15, 0.2) is 0 Å². The van der Waals surface area contributed by atoms with Crippen LogP contribution in [0.5, 0.6) is 0 Å². The third-order valence-corrected chi connectivity index (χ3v) is 4.18. The molecule has 4 rings (SSSR count). The standard InChI is InChI=1S/C19H13ClN4O/c20-16-11-14(5-6-17(16)24-10-9-21-12-24)23-19(25)18-15-4-2-1-3-13(15)7-8-22-18/h1-12H,(H,23,25). The highest BCUT2D eigenvalue weighted by Gasteiger charge is 2.12. The quantitative estimate of drug-likeness (QED) is 0.599. The van der Waals surface area contributed by atoms with Gasteiger partial charge in [-0.3, -0.25) is 9.78 Å². The highest BCUT2D eigenvalue weighted by molar-refractivity contribution is 6.32. The first kappa shape index (κ1) is 15.4. The summed E-state index contributed by atoms with van der Waals surface area (Å²) in [6, 6.07) is 14.9. The summed E-state index contributed by atoms with van der Waals surface area (Å²) in [6.45, 7) is 0. The zero-order valence-electron chi connectivity index (χ0n) is 13.1. The molecule has 1 amide bonds. The van der Waals surface area contributed by atoms with Crippen LogP contribution in [0.4, 0.5) is 5.69 Å². The Bertz CT molecular complexity index is 1050. The van der Waals surface area contributed by atoms with Crippen LogP contribution in [-0.2, 0) is 0 Å². The molecule has 1 N–H and O–H groups in total. The molecule has 2 aromatic carbocycles. The minimum absolute atomic E-state index is 0.275. The lowest BCUT2D eigenvalue weighted by Gasteiger charge is -2.10. The lowest BCUT2D eigenvalue weighted by Crippen LogP contribution is -2.14. The molecule has 0 spiro atoms. The van der Waals surface area contributed by atoms with Crippen molar-refractivity contribution >= 4 is 34.0 Å². The van der Waals surface area contributed by atoms with Crippen molar-refractivity contribution in [2.75, 3.05) is 5.32 Å². The van der Waals surface area contributed by atoms with Crippen LogP contribution < -0.4 is 5.32 Å². The summed E-state index contributed by atoms with van der Waals surface area (Å²) in [6.07, 6.45) is 6.78. The van der Waals surface area contributed by atoms with Gasteiger partial charge >= 0.3 is 0 Å². The maximum absolute atomic E-state index is 12.6. The van der Waals surface area contributed by atoms with E-state index in [1.807, 2.05) is 36.4 Å². The fourth-order valence-electron chi connectivity index (χ4n) is 2.69. The van der Waals surface area contributed by atoms with Gasteiger partial charge in [0.05, 0.1) is 17.0 Å². The Morgan fingerprint density at radius 2 is 1.96 bits per heavy atom. The smallest absolute Gasteiger partial charge is 0.274 e. The molecule has 0 saturated carbocycles. The van der Waals surface area contributed by atoms with Gasteiger partial charge in [0.2, 0.25) is 0 Å². The van der Waals surface area contributed by atoms with Crippen LogP contribution in [0.2, 0.25) is 5.02 Å². The molecule has 5 nitrogen and oxygen atoms in total. The van der Waals surface area contributed by atoms with E-state index in [0.29, 0.717) is 16.4 Å². The number of carbonyl (C=O) groups excluding carboxylic acids is 1. The molecule has 6 heteroatoms. The van der Waals surface area contributed by atoms with Crippen molar-refractivity contribution in [1.29, 1.82) is 0 Å². The molecule has 4 aromatic rings. The molecular weight excluding hydrogens is 336 g/mol. The Labute approximate surface area is 148 Å². The molecule has 0 aliphatic rings. The number of nitrogens with one attached hydrogen (secondary N) is 1. The minimum Gasteiger partial charge on any atom is -0.321 e. The van der Waals surface area contributed by atoms with E-state index in [4.69, 9.17) is 11.6 Å². The number of nitrogens with zero attached hydrogens (tertiary/aromatic N) is 3. The van der Waals surface area contributed by atoms with E-state index < -0.39 is 0 Å². The molecule has 0 fully saturated rings. The maximum atomic E-state index is 12.6. The van der Waals surface area contributed by atoms with E-state index in [1.54, 1.807) is 41.6 Å². The van der Waals surface area contributed by atoms with E-state index >= 15 is 0 Å². The van der Waals surface area contributed by atoms with Crippen LogP contribution in [0.25, 0.3) is 16.5 Å². The van der Waals surface area contributed by atoms with E-state index in [2.05, 4.69) is 15.3 Å². The summed E-state index contributed by atoms with van der Waals surface area (Å²) in [5, 5.41) is 5.15. The lowest BCUT2D eigenvalue weighted by atomic mass is 10.1. The number of rotatable bonds is 3. The molecule has 122 valence electrons. The van der Waals surface area contributed by atoms with Gasteiger partial charge in [0.25, 0.3) is 5.91 Å². The molecule has 0 aliphatic heterocycles. The number of hydrogen-bond donors (Lipinski definition) is 1. The minimum atomic E-state index is -0.275. The van der Waals surface area contributed by atoms with Crippen molar-refractivity contribution in [3.05, 3.63) is 84.2 Å².